The molecule has 1 fully saturated rings. The molecule has 0 radical (unpaired) electrons. The summed E-state index contributed by atoms with van der Waals surface area (Å²) >= 11 is 0. The van der Waals surface area contributed by atoms with Crippen LogP contribution in [-0.2, 0) is 9.63 Å². The van der Waals surface area contributed by atoms with Gasteiger partial charge in [0.2, 0.25) is 0 Å². The van der Waals surface area contributed by atoms with Crippen LogP contribution in [-0.4, -0.2) is 29.0 Å². The number of alkyl halides is 1. The summed E-state index contributed by atoms with van der Waals surface area (Å²) in [4.78, 5) is 40.4. The third kappa shape index (κ3) is 2.07. The second kappa shape index (κ2) is 4.70. The molecule has 0 bridgehead atoms. The van der Waals surface area contributed by atoms with Crippen molar-refractivity contribution in [3.8, 4) is 0 Å². The molecule has 1 aromatic rings. The first-order chi connectivity index (χ1) is 9.56. The Morgan fingerprint density at radius 1 is 1.20 bits per heavy atom. The van der Waals surface area contributed by atoms with E-state index in [4.69, 9.17) is 4.84 Å². The number of carbonyl (C=O) groups excluding carboxylic acids is 3. The van der Waals surface area contributed by atoms with E-state index in [1.165, 1.54) is 12.1 Å². The third-order valence-corrected chi connectivity index (χ3v) is 3.58. The molecule has 1 heterocycles. The van der Waals surface area contributed by atoms with Crippen LogP contribution in [0.1, 0.15) is 40.0 Å². The molecule has 3 rings (SSSR count). The highest BCUT2D eigenvalue weighted by Gasteiger charge is 2.39. The van der Waals surface area contributed by atoms with Crippen LogP contribution < -0.4 is 0 Å². The lowest BCUT2D eigenvalue weighted by Gasteiger charge is -2.28. The van der Waals surface area contributed by atoms with Crippen LogP contribution in [0.3, 0.4) is 0 Å². The number of imide groups is 1. The first kappa shape index (κ1) is 12.8. The average molecular weight is 277 g/mol. The van der Waals surface area contributed by atoms with Crippen molar-refractivity contribution in [2.24, 2.45) is 5.92 Å². The summed E-state index contributed by atoms with van der Waals surface area (Å²) in [5.74, 6) is -2.03. The molecule has 0 aromatic heterocycles. The van der Waals surface area contributed by atoms with Crippen LogP contribution >= 0.6 is 0 Å². The molecule has 20 heavy (non-hydrogen) atoms. The lowest BCUT2D eigenvalue weighted by molar-refractivity contribution is -0.170. The Morgan fingerprint density at radius 2 is 1.75 bits per heavy atom. The van der Waals surface area contributed by atoms with Gasteiger partial charge in [0, 0.05) is 0 Å². The molecule has 1 aliphatic heterocycles. The summed E-state index contributed by atoms with van der Waals surface area (Å²) in [6.45, 7) is 0. The Hall–Kier alpha value is -2.24. The molecule has 1 aromatic carbocycles. The van der Waals surface area contributed by atoms with E-state index in [1.807, 2.05) is 0 Å². The Bertz CT molecular complexity index is 560. The molecule has 1 aliphatic carbocycles. The van der Waals surface area contributed by atoms with Crippen LogP contribution in [0.15, 0.2) is 24.3 Å². The number of amides is 2. The minimum atomic E-state index is -0.855. The molecule has 0 atom stereocenters. The van der Waals surface area contributed by atoms with E-state index < -0.39 is 24.0 Å². The number of nitrogens with zero attached hydrogens (tertiary/aromatic N) is 1. The molecule has 104 valence electrons. The van der Waals surface area contributed by atoms with Crippen LogP contribution in [0.4, 0.5) is 4.39 Å². The lowest BCUT2D eigenvalue weighted by Crippen LogP contribution is -2.35. The van der Waals surface area contributed by atoms with Gasteiger partial charge >= 0.3 is 5.97 Å². The summed E-state index contributed by atoms with van der Waals surface area (Å²) in [6, 6.07) is 6.27. The molecule has 5 nitrogen and oxygen atoms in total. The molecule has 0 unspecified atom stereocenters. The van der Waals surface area contributed by atoms with Crippen molar-refractivity contribution in [3.63, 3.8) is 0 Å². The van der Waals surface area contributed by atoms with Gasteiger partial charge in [-0.3, -0.25) is 9.59 Å². The fourth-order valence-corrected chi connectivity index (χ4v) is 2.45. The van der Waals surface area contributed by atoms with Crippen molar-refractivity contribution in [2.75, 3.05) is 0 Å². The molecule has 0 spiro atoms. The number of hydrogen-bond acceptors (Lipinski definition) is 4. The van der Waals surface area contributed by atoms with Gasteiger partial charge in [0.25, 0.3) is 11.8 Å². The second-order valence-corrected chi connectivity index (χ2v) is 5.05. The zero-order valence-corrected chi connectivity index (χ0v) is 10.5. The molecule has 0 N–H and O–H groups in total. The maximum Gasteiger partial charge on any atom is 0.333 e. The van der Waals surface area contributed by atoms with Crippen molar-refractivity contribution in [2.45, 2.75) is 25.4 Å². The second-order valence-electron chi connectivity index (χ2n) is 5.05. The zero-order chi connectivity index (χ0) is 14.3. The highest BCUT2D eigenvalue weighted by molar-refractivity contribution is 6.20. The third-order valence-electron chi connectivity index (χ3n) is 3.58. The largest absolute Gasteiger partial charge is 0.333 e. The standard InChI is InChI=1S/C14H12FNO4/c15-9-5-8(6-9)7-12(17)20-16-13(18)10-3-1-2-4-11(10)14(16)19/h1-4,8-9H,5-7H2. The van der Waals surface area contributed by atoms with E-state index in [2.05, 4.69) is 0 Å². The minimum Gasteiger partial charge on any atom is -0.330 e. The predicted molar refractivity (Wildman–Crippen MR) is 65.3 cm³/mol. The molecule has 1 saturated carbocycles. The van der Waals surface area contributed by atoms with Gasteiger partial charge in [-0.25, -0.2) is 9.18 Å². The monoisotopic (exact) mass is 277 g/mol. The van der Waals surface area contributed by atoms with E-state index >= 15 is 0 Å². The van der Waals surface area contributed by atoms with Crippen LogP contribution in [0, 0.1) is 5.92 Å². The molecule has 2 aliphatic rings. The van der Waals surface area contributed by atoms with Gasteiger partial charge in [-0.2, -0.15) is 0 Å². The van der Waals surface area contributed by atoms with E-state index in [1.54, 1.807) is 12.1 Å². The number of rotatable bonds is 3. The van der Waals surface area contributed by atoms with E-state index in [-0.39, 0.29) is 23.5 Å². The van der Waals surface area contributed by atoms with Gasteiger partial charge in [-0.15, -0.1) is 0 Å². The molecule has 0 saturated heterocycles. The Labute approximate surface area is 114 Å². The van der Waals surface area contributed by atoms with Crippen LogP contribution in [0.5, 0.6) is 0 Å². The van der Waals surface area contributed by atoms with Gasteiger partial charge in [-0.1, -0.05) is 17.2 Å². The van der Waals surface area contributed by atoms with Gasteiger partial charge < -0.3 is 4.84 Å². The van der Waals surface area contributed by atoms with Crippen molar-refractivity contribution in [1.82, 2.24) is 5.06 Å². The zero-order valence-electron chi connectivity index (χ0n) is 10.5. The predicted octanol–water partition coefficient (Wildman–Crippen LogP) is 1.88. The topological polar surface area (TPSA) is 63.7 Å². The summed E-state index contributed by atoms with van der Waals surface area (Å²) in [5.41, 5.74) is 0.440. The fraction of sp³-hybridized carbons (Fsp3) is 0.357. The average Bonchev–Trinajstić information content (AvgIpc) is 2.63. The minimum absolute atomic E-state index is 0.0217. The first-order valence-electron chi connectivity index (χ1n) is 6.39. The first-order valence-corrected chi connectivity index (χ1v) is 6.39. The lowest BCUT2D eigenvalue weighted by atomic mass is 9.81. The van der Waals surface area contributed by atoms with E-state index in [0.717, 1.165) is 0 Å². The van der Waals surface area contributed by atoms with Crippen molar-refractivity contribution < 1.29 is 23.6 Å². The van der Waals surface area contributed by atoms with Crippen LogP contribution in [0.25, 0.3) is 0 Å². The number of halogens is 1. The number of carbonyl (C=O) groups is 3. The highest BCUT2D eigenvalue weighted by Crippen LogP contribution is 2.33. The summed E-state index contributed by atoms with van der Waals surface area (Å²) < 4.78 is 12.7. The molecular weight excluding hydrogens is 265 g/mol. The fourth-order valence-electron chi connectivity index (χ4n) is 2.45. The van der Waals surface area contributed by atoms with Crippen molar-refractivity contribution in [1.29, 1.82) is 0 Å². The van der Waals surface area contributed by atoms with Crippen molar-refractivity contribution >= 4 is 17.8 Å². The van der Waals surface area contributed by atoms with Gasteiger partial charge in [-0.05, 0) is 30.9 Å². The Balaban J connectivity index is 1.66. The Kier molecular flexibility index (Phi) is 3.00. The number of fused-ring (bicyclic) bond motifs is 1. The van der Waals surface area contributed by atoms with E-state index in [9.17, 15) is 18.8 Å². The highest BCUT2D eigenvalue weighted by atomic mass is 19.1. The van der Waals surface area contributed by atoms with Crippen LogP contribution in [0.2, 0.25) is 0 Å². The summed E-state index contributed by atoms with van der Waals surface area (Å²) in [6.07, 6.45) is -0.172. The summed E-state index contributed by atoms with van der Waals surface area (Å²) in [5, 5.41) is 0.485. The molecular formula is C14H12FNO4. The number of benzene rings is 1. The molecule has 6 heteroatoms. The van der Waals surface area contributed by atoms with Gasteiger partial charge in [0.05, 0.1) is 17.5 Å². The smallest absolute Gasteiger partial charge is 0.330 e. The SMILES string of the molecule is O=C(CC1CC(F)C1)ON1C(=O)c2ccccc2C1=O. The van der Waals surface area contributed by atoms with Crippen molar-refractivity contribution in [3.05, 3.63) is 35.4 Å². The quantitative estimate of drug-likeness (QED) is 0.791. The Morgan fingerprint density at radius 3 is 2.25 bits per heavy atom. The van der Waals surface area contributed by atoms with E-state index in [0.29, 0.717) is 17.9 Å². The number of hydrogen-bond donors (Lipinski definition) is 0. The maximum absolute atomic E-state index is 12.7. The van der Waals surface area contributed by atoms with Gasteiger partial charge in [0.1, 0.15) is 6.17 Å². The maximum atomic E-state index is 12.7. The van der Waals surface area contributed by atoms with Gasteiger partial charge in [0.15, 0.2) is 0 Å². The number of hydroxylamine groups is 2. The normalized spacial score (nSPS) is 24.4. The molecule has 2 amide bonds. The summed E-state index contributed by atoms with van der Waals surface area (Å²) in [7, 11) is 0.